The molecule has 2 aromatic heterocycles. The quantitative estimate of drug-likeness (QED) is 0.424. The summed E-state index contributed by atoms with van der Waals surface area (Å²) < 4.78 is 5.23. The molecule has 140 valence electrons. The number of rotatable bonds is 6. The second-order valence-electron chi connectivity index (χ2n) is 5.52. The molecule has 1 unspecified atom stereocenters. The first-order valence-electron chi connectivity index (χ1n) is 7.92. The van der Waals surface area contributed by atoms with Crippen molar-refractivity contribution >= 4 is 45.8 Å². The van der Waals surface area contributed by atoms with Crippen LogP contribution in [0.5, 0.6) is 5.75 Å². The highest BCUT2D eigenvalue weighted by Gasteiger charge is 2.18. The molecule has 1 atom stereocenters. The normalized spacial score (nSPS) is 11.8. The number of anilines is 3. The zero-order valence-electron chi connectivity index (χ0n) is 14.7. The van der Waals surface area contributed by atoms with Crippen molar-refractivity contribution in [3.8, 4) is 17.0 Å². The van der Waals surface area contributed by atoms with Gasteiger partial charge >= 0.3 is 0 Å². The molecule has 2 heterocycles. The fourth-order valence-electron chi connectivity index (χ4n) is 2.18. The Morgan fingerprint density at radius 3 is 2.67 bits per heavy atom. The molecule has 3 aromatic rings. The Balaban J connectivity index is 1.66. The van der Waals surface area contributed by atoms with E-state index in [1.165, 1.54) is 29.2 Å². The molecule has 1 amide bonds. The summed E-state index contributed by atoms with van der Waals surface area (Å²) in [7, 11) is 1.61. The molecule has 1 aromatic carbocycles. The van der Waals surface area contributed by atoms with Gasteiger partial charge in [-0.05, 0) is 19.1 Å². The predicted octanol–water partition coefficient (Wildman–Crippen LogP) is 2.89. The highest BCUT2D eigenvalue weighted by Crippen LogP contribution is 2.28. The fraction of sp³-hybridized carbons (Fsp3) is 0.176. The summed E-state index contributed by atoms with van der Waals surface area (Å²) in [5, 5.41) is 5.10. The molecule has 0 fully saturated rings. The Morgan fingerprint density at radius 2 is 1.96 bits per heavy atom. The number of methoxy groups -OCH3 is 1. The van der Waals surface area contributed by atoms with Crippen molar-refractivity contribution in [2.75, 3.05) is 23.9 Å². The Bertz CT molecular complexity index is 942. The topological polar surface area (TPSA) is 129 Å². The predicted molar refractivity (Wildman–Crippen MR) is 109 cm³/mol. The van der Waals surface area contributed by atoms with Gasteiger partial charge in [-0.15, -0.1) is 11.3 Å². The van der Waals surface area contributed by atoms with Gasteiger partial charge in [0.25, 0.3) is 0 Å². The maximum absolute atomic E-state index is 12.4. The molecule has 0 aliphatic carbocycles. The van der Waals surface area contributed by atoms with Crippen molar-refractivity contribution < 1.29 is 9.53 Å². The van der Waals surface area contributed by atoms with E-state index in [2.05, 4.69) is 20.3 Å². The molecule has 0 aliphatic rings. The first-order valence-corrected chi connectivity index (χ1v) is 9.68. The van der Waals surface area contributed by atoms with Crippen molar-refractivity contribution in [1.82, 2.24) is 15.0 Å². The van der Waals surface area contributed by atoms with Gasteiger partial charge in [-0.25, -0.2) is 15.0 Å². The summed E-state index contributed by atoms with van der Waals surface area (Å²) in [5.41, 5.74) is 13.0. The van der Waals surface area contributed by atoms with Crippen LogP contribution in [-0.2, 0) is 4.79 Å². The average Bonchev–Trinajstić information content (AvgIpc) is 3.09. The van der Waals surface area contributed by atoms with E-state index in [0.717, 1.165) is 17.0 Å². The maximum Gasteiger partial charge on any atom is 0.239 e. The van der Waals surface area contributed by atoms with Crippen LogP contribution in [-0.4, -0.2) is 33.2 Å². The van der Waals surface area contributed by atoms with E-state index >= 15 is 0 Å². The standard InChI is InChI=1S/C17H18N6O2S2/c1-9(27-17-21-13(18)7-14(19)22-17)15(24)23-16-20-12(8-26-16)10-4-3-5-11(6-10)25-2/h3-9H,1-2H3,(H,20,23,24)(H4,18,19,21,22). The van der Waals surface area contributed by atoms with Crippen LogP contribution >= 0.6 is 23.1 Å². The molecular formula is C17H18N6O2S2. The first kappa shape index (κ1) is 18.9. The Hall–Kier alpha value is -2.85. The number of carbonyl (C=O) groups excluding carboxylic acids is 1. The fourth-order valence-corrected chi connectivity index (χ4v) is 3.70. The minimum absolute atomic E-state index is 0.212. The lowest BCUT2D eigenvalue weighted by atomic mass is 10.2. The van der Waals surface area contributed by atoms with E-state index in [1.54, 1.807) is 14.0 Å². The molecule has 0 bridgehead atoms. The molecule has 0 saturated carbocycles. The number of hydrogen-bond donors (Lipinski definition) is 3. The number of carbonyl (C=O) groups is 1. The van der Waals surface area contributed by atoms with Gasteiger partial charge in [0.15, 0.2) is 10.3 Å². The maximum atomic E-state index is 12.4. The van der Waals surface area contributed by atoms with Gasteiger partial charge in [0, 0.05) is 17.0 Å². The number of nitrogens with one attached hydrogen (secondary N) is 1. The largest absolute Gasteiger partial charge is 0.497 e. The third-order valence-corrected chi connectivity index (χ3v) is 5.22. The highest BCUT2D eigenvalue weighted by molar-refractivity contribution is 8.00. The molecular weight excluding hydrogens is 384 g/mol. The summed E-state index contributed by atoms with van der Waals surface area (Å²) in [5.74, 6) is 1.06. The number of thioether (sulfide) groups is 1. The van der Waals surface area contributed by atoms with Crippen molar-refractivity contribution in [3.63, 3.8) is 0 Å². The lowest BCUT2D eigenvalue weighted by molar-refractivity contribution is -0.115. The van der Waals surface area contributed by atoms with Crippen LogP contribution in [0.4, 0.5) is 16.8 Å². The number of nitrogens with zero attached hydrogens (tertiary/aromatic N) is 3. The van der Waals surface area contributed by atoms with Crippen molar-refractivity contribution in [2.24, 2.45) is 0 Å². The van der Waals surface area contributed by atoms with Gasteiger partial charge < -0.3 is 21.5 Å². The smallest absolute Gasteiger partial charge is 0.239 e. The molecule has 0 spiro atoms. The summed E-state index contributed by atoms with van der Waals surface area (Å²) in [6.45, 7) is 1.75. The molecule has 0 radical (unpaired) electrons. The highest BCUT2D eigenvalue weighted by atomic mass is 32.2. The van der Waals surface area contributed by atoms with E-state index in [-0.39, 0.29) is 17.5 Å². The van der Waals surface area contributed by atoms with Crippen LogP contribution in [0.1, 0.15) is 6.92 Å². The number of aromatic nitrogens is 3. The van der Waals surface area contributed by atoms with Gasteiger partial charge in [0.1, 0.15) is 17.4 Å². The van der Waals surface area contributed by atoms with Crippen molar-refractivity contribution in [2.45, 2.75) is 17.3 Å². The molecule has 10 heteroatoms. The molecule has 0 saturated heterocycles. The number of hydrogen-bond acceptors (Lipinski definition) is 9. The van der Waals surface area contributed by atoms with Crippen LogP contribution in [0.2, 0.25) is 0 Å². The van der Waals surface area contributed by atoms with Gasteiger partial charge in [-0.1, -0.05) is 23.9 Å². The second kappa shape index (κ2) is 8.23. The Labute approximate surface area is 164 Å². The number of thiazole rings is 1. The van der Waals surface area contributed by atoms with Gasteiger partial charge in [-0.3, -0.25) is 4.79 Å². The lowest BCUT2D eigenvalue weighted by Crippen LogP contribution is -2.22. The zero-order chi connectivity index (χ0) is 19.4. The summed E-state index contributed by atoms with van der Waals surface area (Å²) in [4.78, 5) is 25.0. The summed E-state index contributed by atoms with van der Waals surface area (Å²) >= 11 is 2.52. The monoisotopic (exact) mass is 402 g/mol. The first-order chi connectivity index (χ1) is 12.9. The van der Waals surface area contributed by atoms with Crippen LogP contribution < -0.4 is 21.5 Å². The van der Waals surface area contributed by atoms with E-state index in [9.17, 15) is 4.79 Å². The number of nitrogens with two attached hydrogens (primary N) is 2. The van der Waals surface area contributed by atoms with Crippen molar-refractivity contribution in [1.29, 1.82) is 0 Å². The average molecular weight is 403 g/mol. The molecule has 27 heavy (non-hydrogen) atoms. The summed E-state index contributed by atoms with van der Waals surface area (Å²) in [6.07, 6.45) is 0. The molecule has 0 aliphatic heterocycles. The number of nitrogen functional groups attached to an aromatic ring is 2. The van der Waals surface area contributed by atoms with E-state index in [0.29, 0.717) is 10.3 Å². The van der Waals surface area contributed by atoms with E-state index < -0.39 is 5.25 Å². The van der Waals surface area contributed by atoms with E-state index in [4.69, 9.17) is 16.2 Å². The van der Waals surface area contributed by atoms with Crippen molar-refractivity contribution in [3.05, 3.63) is 35.7 Å². The van der Waals surface area contributed by atoms with E-state index in [1.807, 2.05) is 29.6 Å². The molecule has 8 nitrogen and oxygen atoms in total. The number of benzene rings is 1. The minimum atomic E-state index is -0.449. The summed E-state index contributed by atoms with van der Waals surface area (Å²) in [6, 6.07) is 9.04. The second-order valence-corrected chi connectivity index (χ2v) is 7.69. The van der Waals surface area contributed by atoms with Gasteiger partial charge in [0.05, 0.1) is 18.1 Å². The minimum Gasteiger partial charge on any atom is -0.497 e. The van der Waals surface area contributed by atoms with Crippen LogP contribution in [0.15, 0.2) is 40.9 Å². The number of ether oxygens (including phenoxy) is 1. The van der Waals surface area contributed by atoms with Crippen LogP contribution in [0, 0.1) is 0 Å². The lowest BCUT2D eigenvalue weighted by Gasteiger charge is -2.10. The zero-order valence-corrected chi connectivity index (χ0v) is 16.3. The van der Waals surface area contributed by atoms with Gasteiger partial charge in [0.2, 0.25) is 5.91 Å². The third-order valence-electron chi connectivity index (χ3n) is 3.50. The Morgan fingerprint density at radius 1 is 1.22 bits per heavy atom. The van der Waals surface area contributed by atoms with Gasteiger partial charge in [-0.2, -0.15) is 0 Å². The van der Waals surface area contributed by atoms with Crippen LogP contribution in [0.25, 0.3) is 11.3 Å². The SMILES string of the molecule is COc1cccc(-c2csc(NC(=O)C(C)Sc3nc(N)cc(N)n3)n2)c1. The number of amides is 1. The molecule has 3 rings (SSSR count). The third kappa shape index (κ3) is 4.86. The van der Waals surface area contributed by atoms with Crippen LogP contribution in [0.3, 0.4) is 0 Å². The Kier molecular flexibility index (Phi) is 5.77. The molecule has 5 N–H and O–H groups in total.